The average Bonchev–Trinajstić information content (AvgIpc) is 2.69. The van der Waals surface area contributed by atoms with E-state index in [0.717, 1.165) is 38.0 Å². The molecule has 1 saturated carbocycles. The summed E-state index contributed by atoms with van der Waals surface area (Å²) >= 11 is 0. The van der Waals surface area contributed by atoms with Gasteiger partial charge in [0.2, 0.25) is 0 Å². The van der Waals surface area contributed by atoms with Gasteiger partial charge in [-0.1, -0.05) is 84.1 Å². The van der Waals surface area contributed by atoms with Crippen LogP contribution in [-0.2, 0) is 11.2 Å². The van der Waals surface area contributed by atoms with E-state index in [0.29, 0.717) is 23.7 Å². The lowest BCUT2D eigenvalue weighted by Crippen LogP contribution is -2.17. The van der Waals surface area contributed by atoms with Crippen LogP contribution in [0.25, 0.3) is 0 Å². The summed E-state index contributed by atoms with van der Waals surface area (Å²) in [5.74, 6) is 1.38. The van der Waals surface area contributed by atoms with Gasteiger partial charge in [0.15, 0.2) is 0 Å². The van der Waals surface area contributed by atoms with E-state index in [1.54, 1.807) is 12.1 Å². The van der Waals surface area contributed by atoms with Crippen LogP contribution in [0.2, 0.25) is 0 Å². The molecule has 1 aliphatic rings. The van der Waals surface area contributed by atoms with E-state index >= 15 is 0 Å². The largest absolute Gasteiger partial charge is 0.426 e. The molecule has 3 heteroatoms. The molecule has 1 fully saturated rings. The number of ether oxygens (including phenoxy) is 1. The minimum absolute atomic E-state index is 0.233. The Bertz CT molecular complexity index is 576. The summed E-state index contributed by atoms with van der Waals surface area (Å²) < 4.78 is 19.5. The zero-order valence-corrected chi connectivity index (χ0v) is 18.0. The highest BCUT2D eigenvalue weighted by Gasteiger charge is 2.21. The fraction of sp³-hybridized carbons (Fsp3) is 0.720. The van der Waals surface area contributed by atoms with E-state index in [1.165, 1.54) is 57.4 Å². The first-order valence-corrected chi connectivity index (χ1v) is 11.6. The van der Waals surface area contributed by atoms with Crippen molar-refractivity contribution in [1.29, 1.82) is 0 Å². The molecule has 2 rings (SSSR count). The molecule has 1 aromatic rings. The SMILES string of the molecule is CCCCCc1ccc(OC(=O)CC[C@H]2CC[C@H](CCCCC)CC2)cc1F. The third-order valence-electron chi connectivity index (χ3n) is 6.24. The highest BCUT2D eigenvalue weighted by molar-refractivity contribution is 5.72. The van der Waals surface area contributed by atoms with E-state index in [-0.39, 0.29) is 11.8 Å². The van der Waals surface area contributed by atoms with Gasteiger partial charge < -0.3 is 4.74 Å². The van der Waals surface area contributed by atoms with E-state index in [1.807, 2.05) is 0 Å². The number of carbonyl (C=O) groups excluding carboxylic acids is 1. The Hall–Kier alpha value is -1.38. The zero-order valence-electron chi connectivity index (χ0n) is 18.0. The van der Waals surface area contributed by atoms with Gasteiger partial charge >= 0.3 is 5.97 Å². The first kappa shape index (κ1) is 22.9. The molecule has 0 aromatic heterocycles. The van der Waals surface area contributed by atoms with Crippen molar-refractivity contribution in [2.45, 2.75) is 104 Å². The molecular weight excluding hydrogens is 351 g/mol. The van der Waals surface area contributed by atoms with Crippen molar-refractivity contribution < 1.29 is 13.9 Å². The summed E-state index contributed by atoms with van der Waals surface area (Å²) in [4.78, 5) is 12.2. The lowest BCUT2D eigenvalue weighted by Gasteiger charge is -2.28. The Balaban J connectivity index is 1.66. The Labute approximate surface area is 171 Å². The van der Waals surface area contributed by atoms with Gasteiger partial charge in [-0.15, -0.1) is 0 Å². The number of unbranched alkanes of at least 4 members (excludes halogenated alkanes) is 4. The lowest BCUT2D eigenvalue weighted by molar-refractivity contribution is -0.134. The number of hydrogen-bond acceptors (Lipinski definition) is 2. The van der Waals surface area contributed by atoms with Gasteiger partial charge in [-0.3, -0.25) is 4.79 Å². The van der Waals surface area contributed by atoms with Crippen LogP contribution in [0, 0.1) is 17.7 Å². The van der Waals surface area contributed by atoms with Crippen molar-refractivity contribution in [3.8, 4) is 5.75 Å². The molecule has 0 atom stereocenters. The number of rotatable bonds is 12. The molecule has 0 radical (unpaired) electrons. The van der Waals surface area contributed by atoms with Crippen molar-refractivity contribution in [3.63, 3.8) is 0 Å². The molecule has 1 aliphatic carbocycles. The summed E-state index contributed by atoms with van der Waals surface area (Å²) in [5.41, 5.74) is 0.712. The van der Waals surface area contributed by atoms with Crippen LogP contribution in [0.5, 0.6) is 5.75 Å². The number of hydrogen-bond donors (Lipinski definition) is 0. The van der Waals surface area contributed by atoms with E-state index in [2.05, 4.69) is 13.8 Å². The minimum Gasteiger partial charge on any atom is -0.426 e. The van der Waals surface area contributed by atoms with E-state index in [4.69, 9.17) is 4.74 Å². The van der Waals surface area contributed by atoms with Crippen molar-refractivity contribution in [2.24, 2.45) is 11.8 Å². The second-order valence-corrected chi connectivity index (χ2v) is 8.61. The summed E-state index contributed by atoms with van der Waals surface area (Å²) in [5, 5.41) is 0. The maximum absolute atomic E-state index is 14.2. The molecule has 0 N–H and O–H groups in total. The molecule has 158 valence electrons. The fourth-order valence-corrected chi connectivity index (χ4v) is 4.36. The second kappa shape index (κ2) is 13.0. The summed E-state index contributed by atoms with van der Waals surface area (Å²) in [7, 11) is 0. The van der Waals surface area contributed by atoms with Gasteiger partial charge in [0.25, 0.3) is 0 Å². The van der Waals surface area contributed by atoms with Crippen LogP contribution < -0.4 is 4.74 Å². The standard InChI is InChI=1S/C25H39FO2/c1-3-5-7-9-20-11-13-21(14-12-20)15-18-25(27)28-23-17-16-22(24(26)19-23)10-8-6-4-2/h16-17,19-21H,3-15,18H2,1-2H3/t20-,21-. The van der Waals surface area contributed by atoms with Crippen LogP contribution in [0.4, 0.5) is 4.39 Å². The van der Waals surface area contributed by atoms with Gasteiger partial charge in [-0.25, -0.2) is 4.39 Å². The van der Waals surface area contributed by atoms with Gasteiger partial charge in [-0.2, -0.15) is 0 Å². The van der Waals surface area contributed by atoms with Crippen LogP contribution in [0.15, 0.2) is 18.2 Å². The average molecular weight is 391 g/mol. The molecule has 0 heterocycles. The maximum atomic E-state index is 14.2. The van der Waals surface area contributed by atoms with Crippen LogP contribution in [0.1, 0.15) is 103 Å². The monoisotopic (exact) mass is 390 g/mol. The maximum Gasteiger partial charge on any atom is 0.311 e. The fourth-order valence-electron chi connectivity index (χ4n) is 4.36. The zero-order chi connectivity index (χ0) is 20.2. The smallest absolute Gasteiger partial charge is 0.311 e. The second-order valence-electron chi connectivity index (χ2n) is 8.61. The van der Waals surface area contributed by atoms with Crippen LogP contribution in [-0.4, -0.2) is 5.97 Å². The minimum atomic E-state index is -0.261. The van der Waals surface area contributed by atoms with Crippen molar-refractivity contribution >= 4 is 5.97 Å². The molecule has 28 heavy (non-hydrogen) atoms. The summed E-state index contributed by atoms with van der Waals surface area (Å²) in [6.45, 7) is 4.39. The molecule has 0 saturated heterocycles. The number of halogens is 1. The van der Waals surface area contributed by atoms with E-state index in [9.17, 15) is 9.18 Å². The highest BCUT2D eigenvalue weighted by atomic mass is 19.1. The van der Waals surface area contributed by atoms with Crippen LogP contribution >= 0.6 is 0 Å². The number of benzene rings is 1. The molecule has 1 aromatic carbocycles. The number of aryl methyl sites for hydroxylation is 1. The van der Waals surface area contributed by atoms with Gasteiger partial charge in [0.1, 0.15) is 11.6 Å². The third-order valence-corrected chi connectivity index (χ3v) is 6.24. The quantitative estimate of drug-likeness (QED) is 0.208. The Morgan fingerprint density at radius 1 is 0.964 bits per heavy atom. The molecule has 2 nitrogen and oxygen atoms in total. The highest BCUT2D eigenvalue weighted by Crippen LogP contribution is 2.34. The Morgan fingerprint density at radius 2 is 1.61 bits per heavy atom. The first-order chi connectivity index (χ1) is 13.6. The van der Waals surface area contributed by atoms with Crippen molar-refractivity contribution in [3.05, 3.63) is 29.6 Å². The van der Waals surface area contributed by atoms with Gasteiger partial charge in [0.05, 0.1) is 0 Å². The van der Waals surface area contributed by atoms with Crippen molar-refractivity contribution in [2.75, 3.05) is 0 Å². The predicted octanol–water partition coefficient (Wildman–Crippen LogP) is 7.63. The Morgan fingerprint density at radius 3 is 2.25 bits per heavy atom. The summed E-state index contributed by atoms with van der Waals surface area (Å²) in [6.07, 6.45) is 15.8. The molecule has 0 spiro atoms. The topological polar surface area (TPSA) is 26.3 Å². The van der Waals surface area contributed by atoms with Crippen molar-refractivity contribution in [1.82, 2.24) is 0 Å². The Kier molecular flexibility index (Phi) is 10.6. The summed E-state index contributed by atoms with van der Waals surface area (Å²) in [6, 6.07) is 4.85. The molecule has 0 aliphatic heterocycles. The normalized spacial score (nSPS) is 19.5. The third kappa shape index (κ3) is 8.32. The number of carbonyl (C=O) groups is 1. The first-order valence-electron chi connectivity index (χ1n) is 11.6. The lowest BCUT2D eigenvalue weighted by atomic mass is 9.78. The molecule has 0 unspecified atom stereocenters. The van der Waals surface area contributed by atoms with Gasteiger partial charge in [-0.05, 0) is 42.7 Å². The predicted molar refractivity (Wildman–Crippen MR) is 114 cm³/mol. The molecule has 0 amide bonds. The van der Waals surface area contributed by atoms with Gasteiger partial charge in [0, 0.05) is 12.5 Å². The van der Waals surface area contributed by atoms with E-state index < -0.39 is 0 Å². The number of esters is 1. The van der Waals surface area contributed by atoms with Crippen LogP contribution in [0.3, 0.4) is 0 Å². The molecular formula is C25H39FO2. The molecule has 0 bridgehead atoms.